The number of hydrogen-bond acceptors (Lipinski definition) is 3. The van der Waals surface area contributed by atoms with Crippen LogP contribution in [0.1, 0.15) is 75.0 Å². The Kier molecular flexibility index (Phi) is 6.24. The molecule has 0 saturated heterocycles. The first-order valence-corrected chi connectivity index (χ1v) is 9.68. The van der Waals surface area contributed by atoms with E-state index in [1.165, 1.54) is 49.8 Å². The minimum absolute atomic E-state index is 0.196. The average Bonchev–Trinajstić information content (AvgIpc) is 3.14. The van der Waals surface area contributed by atoms with E-state index < -0.39 is 0 Å². The monoisotopic (exact) mass is 329 g/mol. The van der Waals surface area contributed by atoms with Gasteiger partial charge in [0.05, 0.1) is 0 Å². The van der Waals surface area contributed by atoms with E-state index in [1.807, 2.05) is 12.3 Å². The van der Waals surface area contributed by atoms with Crippen molar-refractivity contribution in [1.82, 2.24) is 15.8 Å². The van der Waals surface area contributed by atoms with Crippen LogP contribution in [0.4, 0.5) is 0 Å². The second kappa shape index (κ2) is 8.61. The lowest BCUT2D eigenvalue weighted by Gasteiger charge is -2.29. The third-order valence-electron chi connectivity index (χ3n) is 5.90. The number of hydrogen-bond donors (Lipinski definition) is 2. The van der Waals surface area contributed by atoms with Crippen molar-refractivity contribution in [3.05, 3.63) is 29.6 Å². The second-order valence-electron chi connectivity index (χ2n) is 7.61. The number of amides is 1. The Balaban J connectivity index is 1.32. The fraction of sp³-hybridized carbons (Fsp3) is 0.700. The van der Waals surface area contributed by atoms with Gasteiger partial charge >= 0.3 is 0 Å². The van der Waals surface area contributed by atoms with E-state index in [0.717, 1.165) is 31.7 Å². The standard InChI is InChI=1S/C20H31N3O/c1-15-5-4-13-21-19(15)17-10-8-16(9-11-17)12-14-22-23-20(24)18-6-2-3-7-18/h4-5,13,16-18,22H,2-3,6-12,14H2,1H3,(H,23,24). The first-order chi connectivity index (χ1) is 11.7. The van der Waals surface area contributed by atoms with Crippen molar-refractivity contribution in [1.29, 1.82) is 0 Å². The summed E-state index contributed by atoms with van der Waals surface area (Å²) in [5.74, 6) is 1.86. The van der Waals surface area contributed by atoms with Crippen molar-refractivity contribution in [3.63, 3.8) is 0 Å². The van der Waals surface area contributed by atoms with Crippen molar-refractivity contribution in [2.45, 2.75) is 70.6 Å². The van der Waals surface area contributed by atoms with Gasteiger partial charge in [0.25, 0.3) is 0 Å². The molecule has 3 rings (SSSR count). The molecule has 1 heterocycles. The summed E-state index contributed by atoms with van der Waals surface area (Å²) in [6.45, 7) is 3.06. The predicted octanol–water partition coefficient (Wildman–Crippen LogP) is 3.86. The third kappa shape index (κ3) is 4.56. The Labute approximate surface area is 145 Å². The molecule has 2 aliphatic rings. The van der Waals surface area contributed by atoms with Crippen LogP contribution in [0.5, 0.6) is 0 Å². The number of carbonyl (C=O) groups is 1. The minimum Gasteiger partial charge on any atom is -0.291 e. The molecule has 0 radical (unpaired) electrons. The lowest BCUT2D eigenvalue weighted by Crippen LogP contribution is -2.41. The van der Waals surface area contributed by atoms with Crippen LogP contribution in [0.2, 0.25) is 0 Å². The maximum atomic E-state index is 11.9. The highest BCUT2D eigenvalue weighted by Gasteiger charge is 2.24. The first-order valence-electron chi connectivity index (χ1n) is 9.68. The average molecular weight is 329 g/mol. The number of nitrogens with one attached hydrogen (secondary N) is 2. The van der Waals surface area contributed by atoms with E-state index in [1.54, 1.807) is 0 Å². The Bertz CT molecular complexity index is 531. The molecule has 24 heavy (non-hydrogen) atoms. The minimum atomic E-state index is 0.196. The summed E-state index contributed by atoms with van der Waals surface area (Å²) in [5, 5.41) is 0. The number of carbonyl (C=O) groups excluding carboxylic acids is 1. The molecule has 2 aliphatic carbocycles. The zero-order chi connectivity index (χ0) is 16.8. The molecule has 0 atom stereocenters. The van der Waals surface area contributed by atoms with Gasteiger partial charge in [0, 0.05) is 30.3 Å². The summed E-state index contributed by atoms with van der Waals surface area (Å²) >= 11 is 0. The SMILES string of the molecule is Cc1cccnc1C1CCC(CCNNC(=O)C2CCCC2)CC1. The summed E-state index contributed by atoms with van der Waals surface area (Å²) in [5.41, 5.74) is 8.69. The van der Waals surface area contributed by atoms with E-state index in [0.29, 0.717) is 5.92 Å². The normalized spacial score (nSPS) is 24.9. The highest BCUT2D eigenvalue weighted by molar-refractivity contribution is 5.78. The van der Waals surface area contributed by atoms with E-state index in [2.05, 4.69) is 28.8 Å². The molecule has 2 N–H and O–H groups in total. The van der Waals surface area contributed by atoms with Crippen LogP contribution in [0.3, 0.4) is 0 Å². The first kappa shape index (κ1) is 17.4. The van der Waals surface area contributed by atoms with Gasteiger partial charge < -0.3 is 0 Å². The van der Waals surface area contributed by atoms with Gasteiger partial charge in [-0.3, -0.25) is 15.2 Å². The van der Waals surface area contributed by atoms with Crippen LogP contribution < -0.4 is 10.9 Å². The van der Waals surface area contributed by atoms with Gasteiger partial charge in [0.1, 0.15) is 0 Å². The molecule has 0 unspecified atom stereocenters. The maximum Gasteiger partial charge on any atom is 0.237 e. The molecule has 4 heteroatoms. The van der Waals surface area contributed by atoms with Crippen LogP contribution in [-0.2, 0) is 4.79 Å². The molecule has 2 saturated carbocycles. The molecule has 0 aliphatic heterocycles. The molecular weight excluding hydrogens is 298 g/mol. The largest absolute Gasteiger partial charge is 0.291 e. The Hall–Kier alpha value is -1.42. The molecule has 0 bridgehead atoms. The van der Waals surface area contributed by atoms with Crippen molar-refractivity contribution < 1.29 is 4.79 Å². The highest BCUT2D eigenvalue weighted by Crippen LogP contribution is 2.37. The fourth-order valence-electron chi connectivity index (χ4n) is 4.37. The smallest absolute Gasteiger partial charge is 0.237 e. The maximum absolute atomic E-state index is 11.9. The van der Waals surface area contributed by atoms with Gasteiger partial charge in [0.2, 0.25) is 5.91 Å². The molecule has 132 valence electrons. The second-order valence-corrected chi connectivity index (χ2v) is 7.61. The molecule has 0 aromatic carbocycles. The van der Waals surface area contributed by atoms with Gasteiger partial charge in [-0.1, -0.05) is 18.9 Å². The van der Waals surface area contributed by atoms with E-state index in [-0.39, 0.29) is 11.8 Å². The third-order valence-corrected chi connectivity index (χ3v) is 5.90. The molecule has 1 amide bonds. The van der Waals surface area contributed by atoms with Crippen molar-refractivity contribution in [3.8, 4) is 0 Å². The van der Waals surface area contributed by atoms with Gasteiger partial charge in [0.15, 0.2) is 0 Å². The summed E-state index contributed by atoms with van der Waals surface area (Å²) < 4.78 is 0. The van der Waals surface area contributed by atoms with Gasteiger partial charge in [-0.25, -0.2) is 5.43 Å². The quantitative estimate of drug-likeness (QED) is 0.615. The van der Waals surface area contributed by atoms with Crippen molar-refractivity contribution in [2.24, 2.45) is 11.8 Å². The summed E-state index contributed by atoms with van der Waals surface area (Å²) in [6.07, 6.45) is 12.7. The number of pyridine rings is 1. The Morgan fingerprint density at radius 1 is 1.17 bits per heavy atom. The number of nitrogens with zero attached hydrogens (tertiary/aromatic N) is 1. The number of aryl methyl sites for hydroxylation is 1. The van der Waals surface area contributed by atoms with Gasteiger partial charge in [-0.15, -0.1) is 0 Å². The summed E-state index contributed by atoms with van der Waals surface area (Å²) in [7, 11) is 0. The number of hydrazine groups is 1. The van der Waals surface area contributed by atoms with E-state index in [9.17, 15) is 4.79 Å². The molecule has 1 aromatic heterocycles. The lowest BCUT2D eigenvalue weighted by atomic mass is 9.78. The van der Waals surface area contributed by atoms with Crippen LogP contribution in [0.25, 0.3) is 0 Å². The fourth-order valence-corrected chi connectivity index (χ4v) is 4.37. The van der Waals surface area contributed by atoms with Crippen LogP contribution in [0, 0.1) is 18.8 Å². The topological polar surface area (TPSA) is 54.0 Å². The van der Waals surface area contributed by atoms with Gasteiger partial charge in [-0.2, -0.15) is 0 Å². The molecule has 2 fully saturated rings. The van der Waals surface area contributed by atoms with Crippen LogP contribution in [-0.4, -0.2) is 17.4 Å². The molecular formula is C20H31N3O. The zero-order valence-electron chi connectivity index (χ0n) is 14.9. The number of aromatic nitrogens is 1. The van der Waals surface area contributed by atoms with Crippen LogP contribution >= 0.6 is 0 Å². The summed E-state index contributed by atoms with van der Waals surface area (Å²) in [4.78, 5) is 16.5. The predicted molar refractivity (Wildman–Crippen MR) is 96.4 cm³/mol. The number of rotatable bonds is 6. The van der Waals surface area contributed by atoms with Crippen LogP contribution in [0.15, 0.2) is 18.3 Å². The molecule has 4 nitrogen and oxygen atoms in total. The highest BCUT2D eigenvalue weighted by atomic mass is 16.2. The van der Waals surface area contributed by atoms with Gasteiger partial charge in [-0.05, 0) is 69.4 Å². The molecule has 0 spiro atoms. The zero-order valence-corrected chi connectivity index (χ0v) is 14.9. The van der Waals surface area contributed by atoms with E-state index >= 15 is 0 Å². The van der Waals surface area contributed by atoms with E-state index in [4.69, 9.17) is 0 Å². The van der Waals surface area contributed by atoms with Crippen molar-refractivity contribution >= 4 is 5.91 Å². The lowest BCUT2D eigenvalue weighted by molar-refractivity contribution is -0.125. The summed E-state index contributed by atoms with van der Waals surface area (Å²) in [6, 6.07) is 4.20. The Morgan fingerprint density at radius 3 is 2.62 bits per heavy atom. The molecule has 1 aromatic rings. The van der Waals surface area contributed by atoms with Crippen molar-refractivity contribution in [2.75, 3.05) is 6.54 Å². The Morgan fingerprint density at radius 2 is 1.92 bits per heavy atom.